The normalized spacial score (nSPS) is 20.2. The quantitative estimate of drug-likeness (QED) is 0.408. The largest absolute Gasteiger partial charge is 0.353 e. The number of carbonyl (C=O) groups is 1. The molecule has 1 fully saturated rings. The molecule has 1 aliphatic carbocycles. The van der Waals surface area contributed by atoms with Gasteiger partial charge in [0.15, 0.2) is 0 Å². The Morgan fingerprint density at radius 2 is 1.97 bits per heavy atom. The molecule has 0 saturated carbocycles. The maximum Gasteiger partial charge on any atom is 0.243 e. The molecule has 2 atom stereocenters. The second-order valence-electron chi connectivity index (χ2n) is 10.7. The fourth-order valence-electron chi connectivity index (χ4n) is 5.41. The van der Waals surface area contributed by atoms with Crippen LogP contribution in [-0.4, -0.2) is 59.3 Å². The number of rotatable bonds is 9. The lowest BCUT2D eigenvalue weighted by Crippen LogP contribution is -2.57. The van der Waals surface area contributed by atoms with E-state index in [0.29, 0.717) is 16.6 Å². The first kappa shape index (κ1) is 27.8. The monoisotopic (exact) mass is 570 g/mol. The van der Waals surface area contributed by atoms with Gasteiger partial charge in [-0.15, -0.1) is 5.10 Å². The van der Waals surface area contributed by atoms with Crippen LogP contribution in [0.25, 0.3) is 0 Å². The summed E-state index contributed by atoms with van der Waals surface area (Å²) in [5.41, 5.74) is 4.43. The summed E-state index contributed by atoms with van der Waals surface area (Å²) in [4.78, 5) is 13.0. The molecule has 5 rings (SSSR count). The van der Waals surface area contributed by atoms with Crippen molar-refractivity contribution in [2.24, 2.45) is 5.92 Å². The van der Waals surface area contributed by atoms with Gasteiger partial charge >= 0.3 is 0 Å². The number of hydrogen-bond acceptors (Lipinski definition) is 6. The van der Waals surface area contributed by atoms with Gasteiger partial charge in [-0.2, -0.15) is 4.31 Å². The Hall–Kier alpha value is -2.79. The minimum atomic E-state index is -3.90. The maximum atomic E-state index is 13.4. The average Bonchev–Trinajstić information content (AvgIpc) is 3.38. The van der Waals surface area contributed by atoms with E-state index in [4.69, 9.17) is 11.6 Å². The third-order valence-electron chi connectivity index (χ3n) is 7.35. The molecule has 1 aromatic heterocycles. The summed E-state index contributed by atoms with van der Waals surface area (Å²) >= 11 is 5.95. The first-order chi connectivity index (χ1) is 18.7. The van der Waals surface area contributed by atoms with Gasteiger partial charge in [0.1, 0.15) is 6.04 Å². The molecule has 0 unspecified atom stereocenters. The third kappa shape index (κ3) is 6.19. The van der Waals surface area contributed by atoms with E-state index in [9.17, 15) is 13.2 Å². The van der Waals surface area contributed by atoms with Gasteiger partial charge in [0, 0.05) is 37.3 Å². The van der Waals surface area contributed by atoms with Crippen molar-refractivity contribution >= 4 is 27.5 Å². The van der Waals surface area contributed by atoms with E-state index in [2.05, 4.69) is 53.0 Å². The number of aromatic nitrogens is 3. The molecule has 2 N–H and O–H groups in total. The van der Waals surface area contributed by atoms with Crippen molar-refractivity contribution < 1.29 is 13.2 Å². The summed E-state index contributed by atoms with van der Waals surface area (Å²) in [6.45, 7) is 6.67. The van der Waals surface area contributed by atoms with Gasteiger partial charge < -0.3 is 10.6 Å². The molecule has 0 bridgehead atoms. The smallest absolute Gasteiger partial charge is 0.243 e. The van der Waals surface area contributed by atoms with E-state index in [0.717, 1.165) is 32.4 Å². The van der Waals surface area contributed by atoms with Gasteiger partial charge in [0.25, 0.3) is 0 Å². The second kappa shape index (κ2) is 11.8. The predicted octanol–water partition coefficient (Wildman–Crippen LogP) is 3.33. The topological polar surface area (TPSA) is 109 Å². The zero-order valence-corrected chi connectivity index (χ0v) is 23.9. The van der Waals surface area contributed by atoms with Crippen molar-refractivity contribution in [3.05, 3.63) is 76.1 Å². The van der Waals surface area contributed by atoms with Crippen LogP contribution in [0.4, 0.5) is 0 Å². The van der Waals surface area contributed by atoms with Crippen molar-refractivity contribution in [2.45, 2.75) is 63.1 Å². The fraction of sp³-hybridized carbons (Fsp3) is 0.464. The lowest BCUT2D eigenvalue weighted by molar-refractivity contribution is -0.126. The van der Waals surface area contributed by atoms with Crippen LogP contribution in [0.3, 0.4) is 0 Å². The van der Waals surface area contributed by atoms with Crippen molar-refractivity contribution in [1.29, 1.82) is 0 Å². The molecule has 208 valence electrons. The number of nitrogens with one attached hydrogen (secondary N) is 2. The number of piperazine rings is 1. The standard InChI is InChI=1S/C28H35ClN6O3S/c1-19(2)16-30-17-20-6-11-25-21(14-20)4-3-5-26(25)34-18-23(32-33-34)15-27-28(36)31-12-13-35(27)39(37,38)24-9-7-22(29)8-10-24/h6-11,14,18-19,26-27,30H,3-5,12-13,15-17H2,1-2H3,(H,31,36)/t26-,27-/m1/s1. The van der Waals surface area contributed by atoms with Crippen LogP contribution >= 0.6 is 11.6 Å². The molecule has 1 aliphatic heterocycles. The van der Waals surface area contributed by atoms with E-state index in [1.807, 2.05) is 10.9 Å². The minimum Gasteiger partial charge on any atom is -0.353 e. The number of amides is 1. The van der Waals surface area contributed by atoms with Gasteiger partial charge in [-0.1, -0.05) is 48.9 Å². The Morgan fingerprint density at radius 3 is 2.74 bits per heavy atom. The number of nitrogens with zero attached hydrogens (tertiary/aromatic N) is 4. The Bertz CT molecular complexity index is 1420. The van der Waals surface area contributed by atoms with E-state index < -0.39 is 16.1 Å². The van der Waals surface area contributed by atoms with Crippen LogP contribution in [0.2, 0.25) is 5.02 Å². The van der Waals surface area contributed by atoms with Crippen molar-refractivity contribution in [3.8, 4) is 0 Å². The zero-order chi connectivity index (χ0) is 27.6. The average molecular weight is 571 g/mol. The van der Waals surface area contributed by atoms with Gasteiger partial charge in [0.05, 0.1) is 16.6 Å². The number of benzene rings is 2. The molecule has 1 saturated heterocycles. The van der Waals surface area contributed by atoms with Crippen LogP contribution in [0.15, 0.2) is 53.6 Å². The van der Waals surface area contributed by atoms with Crippen molar-refractivity contribution in [1.82, 2.24) is 29.9 Å². The SMILES string of the molecule is CC(C)CNCc1ccc2c(c1)CCC[C@H]2n1cc(C[C@@H]2C(=O)NCCN2S(=O)(=O)c2ccc(Cl)cc2)nn1. The van der Waals surface area contributed by atoms with Gasteiger partial charge in [-0.25, -0.2) is 13.1 Å². The fourth-order valence-corrected chi connectivity index (χ4v) is 7.12. The summed E-state index contributed by atoms with van der Waals surface area (Å²) in [6.07, 6.45) is 5.02. The second-order valence-corrected chi connectivity index (χ2v) is 13.1. The Labute approximate surface area is 235 Å². The molecule has 3 aromatic rings. The van der Waals surface area contributed by atoms with Crippen LogP contribution in [0.1, 0.15) is 55.1 Å². The third-order valence-corrected chi connectivity index (χ3v) is 9.53. The first-order valence-corrected chi connectivity index (χ1v) is 15.3. The molecule has 2 heterocycles. The molecule has 11 heteroatoms. The van der Waals surface area contributed by atoms with Gasteiger partial charge in [-0.3, -0.25) is 4.79 Å². The lowest BCUT2D eigenvalue weighted by Gasteiger charge is -2.33. The number of fused-ring (bicyclic) bond motifs is 1. The Balaban J connectivity index is 1.33. The molecule has 1 amide bonds. The maximum absolute atomic E-state index is 13.4. The predicted molar refractivity (Wildman–Crippen MR) is 150 cm³/mol. The summed E-state index contributed by atoms with van der Waals surface area (Å²) in [7, 11) is -3.90. The zero-order valence-electron chi connectivity index (χ0n) is 22.3. The summed E-state index contributed by atoms with van der Waals surface area (Å²) in [6, 6.07) is 11.8. The van der Waals surface area contributed by atoms with E-state index in [-0.39, 0.29) is 36.4 Å². The van der Waals surface area contributed by atoms with Crippen LogP contribution in [-0.2, 0) is 34.2 Å². The summed E-state index contributed by atoms with van der Waals surface area (Å²) in [5, 5.41) is 15.5. The molecule has 39 heavy (non-hydrogen) atoms. The van der Waals surface area contributed by atoms with E-state index in [1.165, 1.54) is 45.3 Å². The molecule has 9 nitrogen and oxygen atoms in total. The molecular formula is C28H35ClN6O3S. The Kier molecular flexibility index (Phi) is 8.37. The highest BCUT2D eigenvalue weighted by Crippen LogP contribution is 2.33. The van der Waals surface area contributed by atoms with Crippen molar-refractivity contribution in [2.75, 3.05) is 19.6 Å². The highest BCUT2D eigenvalue weighted by atomic mass is 35.5. The van der Waals surface area contributed by atoms with Gasteiger partial charge in [-0.05, 0) is 72.7 Å². The molecule has 0 spiro atoms. The van der Waals surface area contributed by atoms with Gasteiger partial charge in [0.2, 0.25) is 15.9 Å². The molecule has 0 radical (unpaired) electrons. The lowest BCUT2D eigenvalue weighted by atomic mass is 9.86. The molecular weight excluding hydrogens is 536 g/mol. The number of hydrogen-bond donors (Lipinski definition) is 2. The molecule has 2 aliphatic rings. The minimum absolute atomic E-state index is 0.0572. The van der Waals surface area contributed by atoms with Crippen LogP contribution < -0.4 is 10.6 Å². The first-order valence-electron chi connectivity index (χ1n) is 13.5. The number of halogens is 1. The number of aryl methyl sites for hydroxylation is 1. The van der Waals surface area contributed by atoms with E-state index >= 15 is 0 Å². The summed E-state index contributed by atoms with van der Waals surface area (Å²) in [5.74, 6) is 0.271. The van der Waals surface area contributed by atoms with Crippen molar-refractivity contribution in [3.63, 3.8) is 0 Å². The van der Waals surface area contributed by atoms with Crippen LogP contribution in [0, 0.1) is 5.92 Å². The highest BCUT2D eigenvalue weighted by molar-refractivity contribution is 7.89. The Morgan fingerprint density at radius 1 is 1.18 bits per heavy atom. The molecule has 2 aromatic carbocycles. The van der Waals surface area contributed by atoms with Crippen LogP contribution in [0.5, 0.6) is 0 Å². The highest BCUT2D eigenvalue weighted by Gasteiger charge is 2.39. The number of carbonyl (C=O) groups excluding carboxylic acids is 1. The van der Waals surface area contributed by atoms with E-state index in [1.54, 1.807) is 0 Å². The summed E-state index contributed by atoms with van der Waals surface area (Å²) < 4.78 is 30.0. The number of sulfonamides is 1.